The minimum atomic E-state index is 0. The molecule has 1 heterocycles. The average Bonchev–Trinajstić information content (AvgIpc) is 2.48. The van der Waals surface area contributed by atoms with E-state index in [0.717, 1.165) is 43.6 Å². The zero-order valence-corrected chi connectivity index (χ0v) is 13.2. The van der Waals surface area contributed by atoms with E-state index >= 15 is 0 Å². The van der Waals surface area contributed by atoms with Crippen molar-refractivity contribution in [3.8, 4) is 0 Å². The molecule has 0 bridgehead atoms. The summed E-state index contributed by atoms with van der Waals surface area (Å²) >= 11 is 0. The highest BCUT2D eigenvalue weighted by atomic mass is 35.5. The highest BCUT2D eigenvalue weighted by Gasteiger charge is 2.06. The van der Waals surface area contributed by atoms with E-state index in [1.165, 1.54) is 5.56 Å². The molecule has 0 saturated carbocycles. The lowest BCUT2D eigenvalue weighted by atomic mass is 10.1. The first-order valence-corrected chi connectivity index (χ1v) is 7.18. The van der Waals surface area contributed by atoms with Crippen LogP contribution in [0, 0.1) is 0 Å². The predicted molar refractivity (Wildman–Crippen MR) is 90.9 cm³/mol. The van der Waals surface area contributed by atoms with Gasteiger partial charge in [-0.15, -0.1) is 12.4 Å². The van der Waals surface area contributed by atoms with Gasteiger partial charge in [0.1, 0.15) is 5.82 Å². The lowest BCUT2D eigenvalue weighted by Gasteiger charge is -2.11. The molecule has 0 unspecified atom stereocenters. The number of nitrogens with one attached hydrogen (secondary N) is 1. The van der Waals surface area contributed by atoms with Gasteiger partial charge in [-0.25, -0.2) is 4.98 Å². The van der Waals surface area contributed by atoms with Gasteiger partial charge >= 0.3 is 0 Å². The van der Waals surface area contributed by atoms with Gasteiger partial charge in [-0.3, -0.25) is 0 Å². The van der Waals surface area contributed by atoms with Gasteiger partial charge in [0.2, 0.25) is 5.95 Å². The Morgan fingerprint density at radius 2 is 1.90 bits per heavy atom. The molecular weight excluding hydrogens is 284 g/mol. The van der Waals surface area contributed by atoms with E-state index in [9.17, 15) is 0 Å². The van der Waals surface area contributed by atoms with Crippen molar-refractivity contribution in [2.75, 3.05) is 17.6 Å². The van der Waals surface area contributed by atoms with Crippen LogP contribution >= 0.6 is 12.4 Å². The molecule has 0 fully saturated rings. The third kappa shape index (κ3) is 5.60. The molecule has 0 atom stereocenters. The second-order valence-electron chi connectivity index (χ2n) is 4.87. The number of hydrogen-bond donors (Lipinski definition) is 2. The van der Waals surface area contributed by atoms with E-state index in [1.54, 1.807) is 0 Å². The summed E-state index contributed by atoms with van der Waals surface area (Å²) in [4.78, 5) is 8.42. The van der Waals surface area contributed by atoms with Gasteiger partial charge in [0.15, 0.2) is 0 Å². The molecule has 0 amide bonds. The summed E-state index contributed by atoms with van der Waals surface area (Å²) in [6.07, 6.45) is 6.02. The lowest BCUT2D eigenvalue weighted by Crippen LogP contribution is -2.09. The van der Waals surface area contributed by atoms with Crippen LogP contribution in [0.15, 0.2) is 36.5 Å². The molecule has 1 aromatic carbocycles. The molecule has 4 nitrogen and oxygen atoms in total. The number of nitrogens with zero attached hydrogens (tertiary/aromatic N) is 2. The van der Waals surface area contributed by atoms with Crippen LogP contribution in [0.25, 0.3) is 0 Å². The van der Waals surface area contributed by atoms with E-state index in [1.807, 2.05) is 12.3 Å². The molecule has 1 aromatic heterocycles. The lowest BCUT2D eigenvalue weighted by molar-refractivity contribution is 0.825. The molecule has 0 aliphatic heterocycles. The van der Waals surface area contributed by atoms with Crippen molar-refractivity contribution in [3.63, 3.8) is 0 Å². The summed E-state index contributed by atoms with van der Waals surface area (Å²) in [5, 5.41) is 3.36. The maximum Gasteiger partial charge on any atom is 0.221 e. The van der Waals surface area contributed by atoms with Crippen molar-refractivity contribution in [1.82, 2.24) is 9.97 Å². The number of nitrogens with two attached hydrogens (primary N) is 1. The Labute approximate surface area is 132 Å². The highest BCUT2D eigenvalue weighted by Crippen LogP contribution is 2.16. The summed E-state index contributed by atoms with van der Waals surface area (Å²) < 4.78 is 0. The second kappa shape index (κ2) is 9.19. The molecular formula is C16H23ClN4. The number of nitrogen functional groups attached to an aromatic ring is 1. The Balaban J connectivity index is 0.00000220. The number of aryl methyl sites for hydroxylation is 2. The molecule has 114 valence electrons. The number of aromatic nitrogens is 2. The van der Waals surface area contributed by atoms with Crippen molar-refractivity contribution in [3.05, 3.63) is 47.7 Å². The van der Waals surface area contributed by atoms with Gasteiger partial charge in [-0.1, -0.05) is 43.7 Å². The molecule has 0 aliphatic rings. The van der Waals surface area contributed by atoms with Gasteiger partial charge in [0, 0.05) is 18.3 Å². The Kier molecular flexibility index (Phi) is 7.54. The van der Waals surface area contributed by atoms with E-state index in [2.05, 4.69) is 46.5 Å². The molecule has 2 rings (SSSR count). The molecule has 3 N–H and O–H groups in total. The van der Waals surface area contributed by atoms with Crippen LogP contribution in [-0.2, 0) is 12.8 Å². The van der Waals surface area contributed by atoms with Crippen LogP contribution in [-0.4, -0.2) is 16.5 Å². The van der Waals surface area contributed by atoms with E-state index < -0.39 is 0 Å². The van der Waals surface area contributed by atoms with Gasteiger partial charge in [-0.05, 0) is 24.8 Å². The maximum absolute atomic E-state index is 5.68. The summed E-state index contributed by atoms with van der Waals surface area (Å²) in [6.45, 7) is 3.09. The maximum atomic E-state index is 5.68. The third-order valence-corrected chi connectivity index (χ3v) is 3.23. The first-order chi connectivity index (χ1) is 9.79. The average molecular weight is 307 g/mol. The first kappa shape index (κ1) is 17.2. The largest absolute Gasteiger partial charge is 0.370 e. The van der Waals surface area contributed by atoms with Crippen LogP contribution in [0.2, 0.25) is 0 Å². The standard InChI is InChI=1S/C16H22N4.ClH/c1-2-3-11-18-15-14(12-19-16(17)20-15)10-9-13-7-5-4-6-8-13;/h4-8,12H,2-3,9-11H2,1H3,(H3,17,18,19,20);1H. The smallest absolute Gasteiger partial charge is 0.221 e. The normalized spacial score (nSPS) is 9.95. The summed E-state index contributed by atoms with van der Waals surface area (Å²) in [5.41, 5.74) is 8.12. The van der Waals surface area contributed by atoms with Crippen LogP contribution in [0.5, 0.6) is 0 Å². The molecule has 0 radical (unpaired) electrons. The summed E-state index contributed by atoms with van der Waals surface area (Å²) in [6, 6.07) is 10.4. The van der Waals surface area contributed by atoms with Crippen molar-refractivity contribution in [1.29, 1.82) is 0 Å². The molecule has 2 aromatic rings. The molecule has 5 heteroatoms. The van der Waals surface area contributed by atoms with Gasteiger partial charge in [0.05, 0.1) is 0 Å². The minimum absolute atomic E-state index is 0. The fraction of sp³-hybridized carbons (Fsp3) is 0.375. The quantitative estimate of drug-likeness (QED) is 0.769. The SMILES string of the molecule is CCCCNc1nc(N)ncc1CCc1ccccc1.Cl. The number of rotatable bonds is 7. The summed E-state index contributed by atoms with van der Waals surface area (Å²) in [5.74, 6) is 1.20. The van der Waals surface area contributed by atoms with Crippen LogP contribution in [0.4, 0.5) is 11.8 Å². The zero-order valence-electron chi connectivity index (χ0n) is 12.4. The molecule has 21 heavy (non-hydrogen) atoms. The topological polar surface area (TPSA) is 63.8 Å². The van der Waals surface area contributed by atoms with Crippen molar-refractivity contribution in [2.24, 2.45) is 0 Å². The van der Waals surface area contributed by atoms with Crippen LogP contribution in [0.1, 0.15) is 30.9 Å². The van der Waals surface area contributed by atoms with E-state index in [-0.39, 0.29) is 12.4 Å². The Morgan fingerprint density at radius 1 is 1.14 bits per heavy atom. The number of anilines is 2. The number of hydrogen-bond acceptors (Lipinski definition) is 4. The predicted octanol–water partition coefficient (Wildman–Crippen LogP) is 3.48. The van der Waals surface area contributed by atoms with Crippen LogP contribution in [0.3, 0.4) is 0 Å². The number of halogens is 1. The molecule has 0 spiro atoms. The Hall–Kier alpha value is -1.81. The van der Waals surface area contributed by atoms with Crippen molar-refractivity contribution < 1.29 is 0 Å². The van der Waals surface area contributed by atoms with Gasteiger partial charge < -0.3 is 11.1 Å². The molecule has 0 saturated heterocycles. The fourth-order valence-corrected chi connectivity index (χ4v) is 2.06. The summed E-state index contributed by atoms with van der Waals surface area (Å²) in [7, 11) is 0. The highest BCUT2D eigenvalue weighted by molar-refractivity contribution is 5.85. The van der Waals surface area contributed by atoms with Gasteiger partial charge in [0.25, 0.3) is 0 Å². The zero-order chi connectivity index (χ0) is 14.2. The van der Waals surface area contributed by atoms with Crippen molar-refractivity contribution >= 4 is 24.2 Å². The van der Waals surface area contributed by atoms with Crippen LogP contribution < -0.4 is 11.1 Å². The monoisotopic (exact) mass is 306 g/mol. The van der Waals surface area contributed by atoms with E-state index in [0.29, 0.717) is 5.95 Å². The number of benzene rings is 1. The first-order valence-electron chi connectivity index (χ1n) is 7.18. The third-order valence-electron chi connectivity index (χ3n) is 3.23. The Morgan fingerprint density at radius 3 is 2.62 bits per heavy atom. The van der Waals surface area contributed by atoms with Gasteiger partial charge in [-0.2, -0.15) is 4.98 Å². The second-order valence-corrected chi connectivity index (χ2v) is 4.87. The Bertz CT molecular complexity index is 531. The number of unbranched alkanes of at least 4 members (excludes halogenated alkanes) is 1. The fourth-order valence-electron chi connectivity index (χ4n) is 2.06. The molecule has 0 aliphatic carbocycles. The van der Waals surface area contributed by atoms with Crippen molar-refractivity contribution in [2.45, 2.75) is 32.6 Å². The van der Waals surface area contributed by atoms with E-state index in [4.69, 9.17) is 5.73 Å². The minimum Gasteiger partial charge on any atom is -0.370 e.